The Kier molecular flexibility index (Phi) is 5.04. The van der Waals surface area contributed by atoms with Crippen molar-refractivity contribution < 1.29 is 15.3 Å². The molecule has 5 rings (SSSR count). The molecular weight excluding hydrogens is 397 g/mol. The number of carbonyl (C=O) groups excluding carboxylic acids is 1. The summed E-state index contributed by atoms with van der Waals surface area (Å²) in [6.07, 6.45) is 3.45. The van der Waals surface area contributed by atoms with E-state index in [9.17, 15) is 9.18 Å². The van der Waals surface area contributed by atoms with Crippen LogP contribution in [0.15, 0.2) is 24.4 Å². The number of amides is 1. The molecule has 2 aromatic rings. The van der Waals surface area contributed by atoms with Gasteiger partial charge >= 0.3 is 0 Å². The van der Waals surface area contributed by atoms with Crippen molar-refractivity contribution in [3.8, 4) is 0 Å². The van der Waals surface area contributed by atoms with Gasteiger partial charge in [-0.3, -0.25) is 4.79 Å². The van der Waals surface area contributed by atoms with Crippen LogP contribution in [0.3, 0.4) is 0 Å². The molecule has 1 N–H and O–H groups in total. The second kappa shape index (κ2) is 7.75. The van der Waals surface area contributed by atoms with Crippen LogP contribution in [0.4, 0.5) is 21.8 Å². The average molecular weight is 428 g/mol. The lowest BCUT2D eigenvalue weighted by atomic mass is 9.98. The van der Waals surface area contributed by atoms with Crippen LogP contribution in [0.5, 0.6) is 0 Å². The molecule has 2 aliphatic heterocycles. The van der Waals surface area contributed by atoms with Crippen molar-refractivity contribution in [2.75, 3.05) is 48.0 Å². The number of anilines is 3. The van der Waals surface area contributed by atoms with Crippen molar-refractivity contribution in [2.24, 2.45) is 5.92 Å². The number of carbonyl (C=O) groups is 1. The molecule has 2 fully saturated rings. The van der Waals surface area contributed by atoms with Gasteiger partial charge in [-0.15, -0.1) is 0 Å². The Balaban J connectivity index is 0.00000245. The quantitative estimate of drug-likeness (QED) is 0.763. The van der Waals surface area contributed by atoms with Crippen LogP contribution >= 0.6 is 0 Å². The van der Waals surface area contributed by atoms with Crippen LogP contribution in [0, 0.1) is 11.7 Å². The molecule has 0 unspecified atom stereocenters. The standard InChI is InChI=1S/C23H28FN5O2.H2/c1-15(2)12-25-20-16(13-26-22(27-20)28-7-9-31-10-8-28)14-29-19-11-17(24)3-4-18(19)23(5-6-23)21(29)30;/h3-4,11,13,15H,5-10,12,14H2,1-2H3,(H,25,26,27);1H. The summed E-state index contributed by atoms with van der Waals surface area (Å²) in [4.78, 5) is 26.5. The molecule has 3 heterocycles. The smallest absolute Gasteiger partial charge is 0.238 e. The molecular formula is C23H30FN5O2. The fourth-order valence-electron chi connectivity index (χ4n) is 4.43. The molecule has 1 saturated heterocycles. The third kappa shape index (κ3) is 3.63. The minimum absolute atomic E-state index is 0. The normalized spacial score (nSPS) is 19.3. The molecule has 1 amide bonds. The Hall–Kier alpha value is -2.74. The molecule has 0 bridgehead atoms. The number of hydrogen-bond donors (Lipinski definition) is 1. The molecule has 1 spiro atoms. The number of hydrogen-bond acceptors (Lipinski definition) is 6. The van der Waals surface area contributed by atoms with Crippen molar-refractivity contribution in [2.45, 2.75) is 38.6 Å². The first-order chi connectivity index (χ1) is 15.0. The van der Waals surface area contributed by atoms with Crippen LogP contribution in [0.25, 0.3) is 0 Å². The van der Waals surface area contributed by atoms with Crippen LogP contribution in [0.1, 0.15) is 39.2 Å². The van der Waals surface area contributed by atoms with Crippen molar-refractivity contribution in [3.63, 3.8) is 0 Å². The summed E-state index contributed by atoms with van der Waals surface area (Å²) in [5.74, 6) is 1.56. The summed E-state index contributed by atoms with van der Waals surface area (Å²) in [7, 11) is 0. The van der Waals surface area contributed by atoms with E-state index in [-0.39, 0.29) is 13.2 Å². The van der Waals surface area contributed by atoms with Crippen molar-refractivity contribution in [1.29, 1.82) is 0 Å². The highest BCUT2D eigenvalue weighted by atomic mass is 19.1. The monoisotopic (exact) mass is 427 g/mol. The first kappa shape index (κ1) is 20.2. The molecule has 166 valence electrons. The number of benzene rings is 1. The van der Waals surface area contributed by atoms with Gasteiger partial charge in [-0.1, -0.05) is 19.9 Å². The van der Waals surface area contributed by atoms with E-state index in [0.29, 0.717) is 37.3 Å². The summed E-state index contributed by atoms with van der Waals surface area (Å²) in [6.45, 7) is 8.18. The summed E-state index contributed by atoms with van der Waals surface area (Å²) in [5.41, 5.74) is 2.00. The Bertz CT molecular complexity index is 1010. The second-order valence-corrected chi connectivity index (χ2v) is 9.05. The van der Waals surface area contributed by atoms with Gasteiger partial charge in [-0.05, 0) is 36.5 Å². The van der Waals surface area contributed by atoms with Gasteiger partial charge in [-0.25, -0.2) is 9.37 Å². The van der Waals surface area contributed by atoms with Crippen molar-refractivity contribution >= 4 is 23.4 Å². The van der Waals surface area contributed by atoms with Crippen LogP contribution in [-0.2, 0) is 21.5 Å². The maximum absolute atomic E-state index is 14.0. The highest BCUT2D eigenvalue weighted by Crippen LogP contribution is 2.57. The van der Waals surface area contributed by atoms with E-state index < -0.39 is 5.41 Å². The molecule has 1 aliphatic carbocycles. The second-order valence-electron chi connectivity index (χ2n) is 9.05. The lowest BCUT2D eigenvalue weighted by molar-refractivity contribution is -0.120. The average Bonchev–Trinajstić information content (AvgIpc) is 3.54. The fourth-order valence-corrected chi connectivity index (χ4v) is 4.43. The minimum atomic E-state index is -0.455. The van der Waals surface area contributed by atoms with Gasteiger partial charge in [-0.2, -0.15) is 4.98 Å². The van der Waals surface area contributed by atoms with Gasteiger partial charge in [0.15, 0.2) is 0 Å². The van der Waals surface area contributed by atoms with Gasteiger partial charge in [0.1, 0.15) is 11.6 Å². The van der Waals surface area contributed by atoms with Gasteiger partial charge in [0, 0.05) is 32.8 Å². The van der Waals surface area contributed by atoms with E-state index >= 15 is 0 Å². The highest BCUT2D eigenvalue weighted by Gasteiger charge is 2.59. The van der Waals surface area contributed by atoms with E-state index in [1.54, 1.807) is 17.2 Å². The number of halogens is 1. The number of fused-ring (bicyclic) bond motifs is 2. The minimum Gasteiger partial charge on any atom is -0.378 e. The zero-order valence-electron chi connectivity index (χ0n) is 18.0. The predicted molar refractivity (Wildman–Crippen MR) is 119 cm³/mol. The SMILES string of the molecule is CC(C)CNc1nc(N2CCOCC2)ncc1CN1C(=O)C2(CC2)c2ccc(F)cc21.[HH]. The summed E-state index contributed by atoms with van der Waals surface area (Å²) < 4.78 is 19.5. The predicted octanol–water partition coefficient (Wildman–Crippen LogP) is 3.34. The molecule has 1 saturated carbocycles. The van der Waals surface area contributed by atoms with E-state index in [0.717, 1.165) is 49.4 Å². The summed E-state index contributed by atoms with van der Waals surface area (Å²) in [6, 6.07) is 4.70. The van der Waals surface area contributed by atoms with Crippen LogP contribution in [-0.4, -0.2) is 48.7 Å². The number of nitrogens with one attached hydrogen (secondary N) is 1. The molecule has 7 nitrogen and oxygen atoms in total. The fraction of sp³-hybridized carbons (Fsp3) is 0.522. The summed E-state index contributed by atoms with van der Waals surface area (Å²) in [5, 5.41) is 3.43. The van der Waals surface area contributed by atoms with Crippen LogP contribution in [0.2, 0.25) is 0 Å². The maximum Gasteiger partial charge on any atom is 0.238 e. The highest BCUT2D eigenvalue weighted by molar-refractivity contribution is 6.10. The lowest BCUT2D eigenvalue weighted by Crippen LogP contribution is -2.37. The number of nitrogens with zero attached hydrogens (tertiary/aromatic N) is 4. The van der Waals surface area contributed by atoms with E-state index in [2.05, 4.69) is 29.0 Å². The first-order valence-electron chi connectivity index (χ1n) is 11.0. The Labute approximate surface area is 183 Å². The zero-order chi connectivity index (χ0) is 21.6. The Morgan fingerprint density at radius 3 is 2.77 bits per heavy atom. The Morgan fingerprint density at radius 1 is 1.29 bits per heavy atom. The van der Waals surface area contributed by atoms with Gasteiger partial charge in [0.2, 0.25) is 11.9 Å². The third-order valence-corrected chi connectivity index (χ3v) is 6.32. The number of ether oxygens (including phenoxy) is 1. The third-order valence-electron chi connectivity index (χ3n) is 6.32. The number of aromatic nitrogens is 2. The summed E-state index contributed by atoms with van der Waals surface area (Å²) >= 11 is 0. The zero-order valence-corrected chi connectivity index (χ0v) is 18.0. The topological polar surface area (TPSA) is 70.6 Å². The molecule has 0 atom stereocenters. The number of rotatable bonds is 6. The van der Waals surface area contributed by atoms with Gasteiger partial charge < -0.3 is 19.9 Å². The van der Waals surface area contributed by atoms with E-state index in [1.807, 2.05) is 0 Å². The van der Waals surface area contributed by atoms with Gasteiger partial charge in [0.05, 0.1) is 30.9 Å². The molecule has 0 radical (unpaired) electrons. The van der Waals surface area contributed by atoms with E-state index in [4.69, 9.17) is 9.72 Å². The van der Waals surface area contributed by atoms with Crippen LogP contribution < -0.4 is 15.1 Å². The largest absolute Gasteiger partial charge is 0.378 e. The van der Waals surface area contributed by atoms with Gasteiger partial charge in [0.25, 0.3) is 0 Å². The molecule has 1 aromatic carbocycles. The van der Waals surface area contributed by atoms with Crippen molar-refractivity contribution in [1.82, 2.24) is 9.97 Å². The first-order valence-corrected chi connectivity index (χ1v) is 11.0. The lowest BCUT2D eigenvalue weighted by Gasteiger charge is -2.28. The maximum atomic E-state index is 14.0. The van der Waals surface area contributed by atoms with E-state index in [1.165, 1.54) is 12.1 Å². The molecule has 31 heavy (non-hydrogen) atoms. The Morgan fingerprint density at radius 2 is 2.06 bits per heavy atom. The van der Waals surface area contributed by atoms with Crippen molar-refractivity contribution in [3.05, 3.63) is 41.3 Å². The molecule has 8 heteroatoms. The number of morpholine rings is 1. The molecule has 1 aromatic heterocycles. The molecule has 3 aliphatic rings.